The van der Waals surface area contributed by atoms with Crippen molar-refractivity contribution in [3.8, 4) is 0 Å². The summed E-state index contributed by atoms with van der Waals surface area (Å²) in [6.07, 6.45) is 1.42. The second kappa shape index (κ2) is 3.11. The van der Waals surface area contributed by atoms with Gasteiger partial charge in [-0.25, -0.2) is 0 Å². The molecule has 0 fully saturated rings. The van der Waals surface area contributed by atoms with Crippen LogP contribution in [-0.2, 0) is 0 Å². The van der Waals surface area contributed by atoms with Gasteiger partial charge in [-0.05, 0) is 33.7 Å². The molecule has 1 heterocycles. The highest BCUT2D eigenvalue weighted by molar-refractivity contribution is 7.09. The fraction of sp³-hybridized carbons (Fsp3) is 0. The molecule has 2 nitrogen and oxygen atoms in total. The van der Waals surface area contributed by atoms with Crippen LogP contribution in [0.25, 0.3) is 10.8 Å². The Kier molecular flexibility index (Phi) is 1.94. The van der Waals surface area contributed by atoms with Crippen molar-refractivity contribution in [3.05, 3.63) is 34.0 Å². The SMILES string of the molecule is O=Cc1cc2cscc2cc1C=O. The number of fused-ring (bicyclic) bond motifs is 1. The van der Waals surface area contributed by atoms with E-state index in [2.05, 4.69) is 0 Å². The lowest BCUT2D eigenvalue weighted by molar-refractivity contribution is 0.109. The summed E-state index contributed by atoms with van der Waals surface area (Å²) >= 11 is 1.56. The Morgan fingerprint density at radius 1 is 0.923 bits per heavy atom. The Balaban J connectivity index is 2.80. The van der Waals surface area contributed by atoms with E-state index in [0.717, 1.165) is 10.8 Å². The molecule has 0 aliphatic rings. The average molecular weight is 190 g/mol. The molecule has 3 heteroatoms. The molecule has 13 heavy (non-hydrogen) atoms. The number of hydrogen-bond donors (Lipinski definition) is 0. The maximum absolute atomic E-state index is 10.6. The zero-order valence-corrected chi connectivity index (χ0v) is 7.51. The third kappa shape index (κ3) is 1.27. The van der Waals surface area contributed by atoms with Crippen molar-refractivity contribution < 1.29 is 9.59 Å². The molecule has 0 unspecified atom stereocenters. The highest BCUT2D eigenvalue weighted by Crippen LogP contribution is 2.21. The summed E-state index contributed by atoms with van der Waals surface area (Å²) in [4.78, 5) is 21.2. The van der Waals surface area contributed by atoms with Gasteiger partial charge in [0, 0.05) is 11.1 Å². The van der Waals surface area contributed by atoms with E-state index < -0.39 is 0 Å². The van der Waals surface area contributed by atoms with Gasteiger partial charge < -0.3 is 0 Å². The first-order valence-corrected chi connectivity index (χ1v) is 4.70. The van der Waals surface area contributed by atoms with E-state index in [-0.39, 0.29) is 0 Å². The van der Waals surface area contributed by atoms with Crippen molar-refractivity contribution in [3.63, 3.8) is 0 Å². The number of thiophene rings is 1. The molecule has 2 rings (SSSR count). The smallest absolute Gasteiger partial charge is 0.150 e. The van der Waals surface area contributed by atoms with Gasteiger partial charge in [0.25, 0.3) is 0 Å². The minimum Gasteiger partial charge on any atom is -0.298 e. The molecule has 64 valence electrons. The van der Waals surface area contributed by atoms with Crippen LogP contribution in [0.4, 0.5) is 0 Å². The summed E-state index contributed by atoms with van der Waals surface area (Å²) in [6.45, 7) is 0. The second-order valence-electron chi connectivity index (χ2n) is 2.72. The van der Waals surface area contributed by atoms with E-state index in [1.165, 1.54) is 0 Å². The molecule has 0 atom stereocenters. The van der Waals surface area contributed by atoms with Crippen molar-refractivity contribution in [2.75, 3.05) is 0 Å². The Hall–Kier alpha value is -1.48. The van der Waals surface area contributed by atoms with Crippen molar-refractivity contribution in [1.82, 2.24) is 0 Å². The van der Waals surface area contributed by atoms with E-state index in [1.54, 1.807) is 23.5 Å². The van der Waals surface area contributed by atoms with Crippen LogP contribution in [-0.4, -0.2) is 12.6 Å². The van der Waals surface area contributed by atoms with E-state index in [0.29, 0.717) is 23.7 Å². The molecular weight excluding hydrogens is 184 g/mol. The van der Waals surface area contributed by atoms with Crippen LogP contribution < -0.4 is 0 Å². The summed E-state index contributed by atoms with van der Waals surface area (Å²) in [6, 6.07) is 3.48. The number of carbonyl (C=O) groups is 2. The van der Waals surface area contributed by atoms with Crippen LogP contribution >= 0.6 is 11.3 Å². The van der Waals surface area contributed by atoms with Crippen LogP contribution in [0.1, 0.15) is 20.7 Å². The summed E-state index contributed by atoms with van der Waals surface area (Å²) < 4.78 is 0. The van der Waals surface area contributed by atoms with Crippen molar-refractivity contribution in [1.29, 1.82) is 0 Å². The fourth-order valence-electron chi connectivity index (χ4n) is 1.26. The predicted molar refractivity (Wildman–Crippen MR) is 52.6 cm³/mol. The number of benzene rings is 1. The first-order valence-electron chi connectivity index (χ1n) is 3.75. The minimum atomic E-state index is 0.459. The van der Waals surface area contributed by atoms with Gasteiger partial charge in [0.1, 0.15) is 0 Å². The molecular formula is C10H6O2S. The third-order valence-corrected chi connectivity index (χ3v) is 2.71. The van der Waals surface area contributed by atoms with Gasteiger partial charge in [0.05, 0.1) is 0 Å². The molecule has 0 spiro atoms. The van der Waals surface area contributed by atoms with Gasteiger partial charge in [0.15, 0.2) is 12.6 Å². The monoisotopic (exact) mass is 190 g/mol. The van der Waals surface area contributed by atoms with Gasteiger partial charge in [-0.2, -0.15) is 11.3 Å². The molecule has 0 aliphatic heterocycles. The standard InChI is InChI=1S/C10H6O2S/c11-3-7-1-9-5-13-6-10(9)2-8(7)4-12/h1-6H. The first kappa shape index (κ1) is 8.13. The second-order valence-corrected chi connectivity index (χ2v) is 3.46. The van der Waals surface area contributed by atoms with Crippen LogP contribution in [0.3, 0.4) is 0 Å². The molecule has 0 N–H and O–H groups in total. The Labute approximate surface area is 78.8 Å². The van der Waals surface area contributed by atoms with Crippen molar-refractivity contribution in [2.45, 2.75) is 0 Å². The zero-order valence-electron chi connectivity index (χ0n) is 6.69. The molecule has 1 aromatic carbocycles. The van der Waals surface area contributed by atoms with Gasteiger partial charge in [-0.15, -0.1) is 0 Å². The van der Waals surface area contributed by atoms with Crippen molar-refractivity contribution >= 4 is 34.7 Å². The first-order chi connectivity index (χ1) is 6.35. The van der Waals surface area contributed by atoms with Gasteiger partial charge >= 0.3 is 0 Å². The Bertz CT molecular complexity index is 429. The zero-order chi connectivity index (χ0) is 9.26. The summed E-state index contributed by atoms with van der Waals surface area (Å²) in [5.74, 6) is 0. The summed E-state index contributed by atoms with van der Waals surface area (Å²) in [5.41, 5.74) is 0.918. The normalized spacial score (nSPS) is 10.2. The third-order valence-electron chi connectivity index (χ3n) is 1.93. The van der Waals surface area contributed by atoms with Crippen LogP contribution in [0.2, 0.25) is 0 Å². The quantitative estimate of drug-likeness (QED) is 0.682. The number of hydrogen-bond acceptors (Lipinski definition) is 3. The van der Waals surface area contributed by atoms with E-state index in [9.17, 15) is 9.59 Å². The van der Waals surface area contributed by atoms with Crippen LogP contribution in [0, 0.1) is 0 Å². The van der Waals surface area contributed by atoms with Crippen molar-refractivity contribution in [2.24, 2.45) is 0 Å². The lowest BCUT2D eigenvalue weighted by Gasteiger charge is -1.96. The molecule has 0 bridgehead atoms. The van der Waals surface area contributed by atoms with Gasteiger partial charge in [0.2, 0.25) is 0 Å². The van der Waals surface area contributed by atoms with Crippen LogP contribution in [0.5, 0.6) is 0 Å². The summed E-state index contributed by atoms with van der Waals surface area (Å²) in [5, 5.41) is 5.93. The number of aldehydes is 2. The Morgan fingerprint density at radius 3 is 1.77 bits per heavy atom. The van der Waals surface area contributed by atoms with Gasteiger partial charge in [-0.1, -0.05) is 0 Å². The lowest BCUT2D eigenvalue weighted by atomic mass is 10.1. The van der Waals surface area contributed by atoms with E-state index >= 15 is 0 Å². The number of rotatable bonds is 2. The van der Waals surface area contributed by atoms with Crippen LogP contribution in [0.15, 0.2) is 22.9 Å². The highest BCUT2D eigenvalue weighted by atomic mass is 32.1. The minimum absolute atomic E-state index is 0.459. The molecule has 0 amide bonds. The molecule has 0 aliphatic carbocycles. The molecule has 0 radical (unpaired) electrons. The Morgan fingerprint density at radius 2 is 1.38 bits per heavy atom. The average Bonchev–Trinajstić information content (AvgIpc) is 2.62. The van der Waals surface area contributed by atoms with Gasteiger partial charge in [-0.3, -0.25) is 9.59 Å². The van der Waals surface area contributed by atoms with E-state index in [1.807, 2.05) is 10.8 Å². The number of carbonyl (C=O) groups excluding carboxylic acids is 2. The summed E-state index contributed by atoms with van der Waals surface area (Å²) in [7, 11) is 0. The van der Waals surface area contributed by atoms with E-state index in [4.69, 9.17) is 0 Å². The maximum Gasteiger partial charge on any atom is 0.150 e. The fourth-order valence-corrected chi connectivity index (χ4v) is 2.03. The molecule has 2 aromatic rings. The topological polar surface area (TPSA) is 34.1 Å². The largest absolute Gasteiger partial charge is 0.298 e. The molecule has 1 aromatic heterocycles. The lowest BCUT2D eigenvalue weighted by Crippen LogP contribution is -1.89. The molecule has 0 saturated carbocycles. The highest BCUT2D eigenvalue weighted by Gasteiger charge is 2.03. The predicted octanol–water partition coefficient (Wildman–Crippen LogP) is 2.53. The maximum atomic E-state index is 10.6. The molecule has 0 saturated heterocycles.